The van der Waals surface area contributed by atoms with Crippen molar-refractivity contribution in [1.29, 1.82) is 10.5 Å². The maximum absolute atomic E-state index is 12.4. The second-order valence-electron chi connectivity index (χ2n) is 5.14. The van der Waals surface area contributed by atoms with Gasteiger partial charge in [0, 0.05) is 24.0 Å². The normalized spacial score (nSPS) is 19.4. The van der Waals surface area contributed by atoms with Gasteiger partial charge in [0.15, 0.2) is 0 Å². The Labute approximate surface area is 129 Å². The van der Waals surface area contributed by atoms with Crippen LogP contribution in [0.4, 0.5) is 0 Å². The fourth-order valence-electron chi connectivity index (χ4n) is 2.48. The van der Waals surface area contributed by atoms with Gasteiger partial charge in [0.25, 0.3) is 0 Å². The van der Waals surface area contributed by atoms with E-state index in [2.05, 4.69) is 0 Å². The maximum atomic E-state index is 12.4. The van der Waals surface area contributed by atoms with Crippen molar-refractivity contribution in [2.45, 2.75) is 25.2 Å². The fourth-order valence-corrected chi connectivity index (χ4v) is 2.61. The molecule has 5 heteroatoms. The SMILES string of the molecule is N#CCCN(CCC#N)C(=O)[C@H]1C[C@H]1c1ccc(Cl)cc1. The first-order valence-corrected chi connectivity index (χ1v) is 7.33. The van der Waals surface area contributed by atoms with Crippen LogP contribution in [-0.4, -0.2) is 23.9 Å². The number of carbonyl (C=O) groups excluding carboxylic acids is 1. The molecule has 1 aromatic carbocycles. The van der Waals surface area contributed by atoms with Gasteiger partial charge in [-0.15, -0.1) is 0 Å². The summed E-state index contributed by atoms with van der Waals surface area (Å²) in [5.74, 6) is 0.269. The molecule has 1 aliphatic rings. The number of nitrogens with zero attached hydrogens (tertiary/aromatic N) is 3. The summed E-state index contributed by atoms with van der Waals surface area (Å²) in [5, 5.41) is 18.0. The van der Waals surface area contributed by atoms with Gasteiger partial charge in [-0.2, -0.15) is 10.5 Å². The van der Waals surface area contributed by atoms with Crippen molar-refractivity contribution in [3.8, 4) is 12.1 Å². The topological polar surface area (TPSA) is 67.9 Å². The fraction of sp³-hybridized carbons (Fsp3) is 0.438. The van der Waals surface area contributed by atoms with Crippen molar-refractivity contribution in [1.82, 2.24) is 4.90 Å². The molecule has 1 amide bonds. The lowest BCUT2D eigenvalue weighted by molar-refractivity contribution is -0.132. The highest BCUT2D eigenvalue weighted by Crippen LogP contribution is 2.48. The van der Waals surface area contributed by atoms with Gasteiger partial charge < -0.3 is 4.90 Å². The van der Waals surface area contributed by atoms with Crippen LogP contribution >= 0.6 is 11.6 Å². The number of halogens is 1. The lowest BCUT2D eigenvalue weighted by atomic mass is 10.1. The second kappa shape index (κ2) is 7.11. The molecule has 1 saturated carbocycles. The predicted molar refractivity (Wildman–Crippen MR) is 79.3 cm³/mol. The van der Waals surface area contributed by atoms with Crippen LogP contribution in [0.15, 0.2) is 24.3 Å². The van der Waals surface area contributed by atoms with Crippen LogP contribution in [0, 0.1) is 28.6 Å². The third-order valence-corrected chi connectivity index (χ3v) is 3.96. The van der Waals surface area contributed by atoms with Gasteiger partial charge in [0.05, 0.1) is 25.0 Å². The largest absolute Gasteiger partial charge is 0.340 e. The predicted octanol–water partition coefficient (Wildman–Crippen LogP) is 3.10. The summed E-state index contributed by atoms with van der Waals surface area (Å²) in [6.07, 6.45) is 1.43. The van der Waals surface area contributed by atoms with E-state index >= 15 is 0 Å². The van der Waals surface area contributed by atoms with E-state index in [1.54, 1.807) is 4.90 Å². The van der Waals surface area contributed by atoms with Crippen LogP contribution in [-0.2, 0) is 4.79 Å². The molecule has 21 heavy (non-hydrogen) atoms. The molecule has 0 aliphatic heterocycles. The molecule has 4 nitrogen and oxygen atoms in total. The molecule has 0 radical (unpaired) electrons. The van der Waals surface area contributed by atoms with Crippen LogP contribution in [0.2, 0.25) is 5.02 Å². The molecule has 1 aromatic rings. The lowest BCUT2D eigenvalue weighted by Gasteiger charge is -2.20. The molecular weight excluding hydrogens is 286 g/mol. The second-order valence-corrected chi connectivity index (χ2v) is 5.58. The first-order valence-electron chi connectivity index (χ1n) is 6.95. The minimum atomic E-state index is -0.0245. The molecule has 0 spiro atoms. The molecule has 1 aliphatic carbocycles. The zero-order chi connectivity index (χ0) is 15.2. The summed E-state index contributed by atoms with van der Waals surface area (Å²) in [5.41, 5.74) is 1.12. The Morgan fingerprint density at radius 1 is 1.19 bits per heavy atom. The average molecular weight is 302 g/mol. The number of hydrogen-bond donors (Lipinski definition) is 0. The van der Waals surface area contributed by atoms with Gasteiger partial charge in [0.1, 0.15) is 0 Å². The summed E-state index contributed by atoms with van der Waals surface area (Å²) in [6.45, 7) is 0.807. The Morgan fingerprint density at radius 3 is 2.29 bits per heavy atom. The van der Waals surface area contributed by atoms with Crippen LogP contribution in [0.1, 0.15) is 30.7 Å². The van der Waals surface area contributed by atoms with Crippen LogP contribution < -0.4 is 0 Å². The van der Waals surface area contributed by atoms with E-state index in [4.69, 9.17) is 22.1 Å². The number of amides is 1. The summed E-state index contributed by atoms with van der Waals surface area (Å²) in [4.78, 5) is 14.1. The standard InChI is InChI=1S/C16H16ClN3O/c17-13-5-3-12(4-6-13)14-11-15(14)16(21)20(9-1-7-18)10-2-8-19/h3-6,14-15H,1-2,9-11H2/t14-,15-/m0/s1. The molecule has 0 heterocycles. The highest BCUT2D eigenvalue weighted by molar-refractivity contribution is 6.30. The maximum Gasteiger partial charge on any atom is 0.226 e. The third-order valence-electron chi connectivity index (χ3n) is 3.70. The number of benzene rings is 1. The van der Waals surface area contributed by atoms with Crippen molar-refractivity contribution in [3.63, 3.8) is 0 Å². The Kier molecular flexibility index (Phi) is 5.20. The minimum Gasteiger partial charge on any atom is -0.340 e. The van der Waals surface area contributed by atoms with Gasteiger partial charge in [0.2, 0.25) is 5.91 Å². The summed E-state index contributed by atoms with van der Waals surface area (Å²) in [7, 11) is 0. The van der Waals surface area contributed by atoms with E-state index in [9.17, 15) is 4.79 Å². The monoisotopic (exact) mass is 301 g/mol. The molecule has 0 unspecified atom stereocenters. The smallest absolute Gasteiger partial charge is 0.226 e. The van der Waals surface area contributed by atoms with Crippen LogP contribution in [0.25, 0.3) is 0 Å². The van der Waals surface area contributed by atoms with Crippen LogP contribution in [0.3, 0.4) is 0 Å². The van der Waals surface area contributed by atoms with Crippen molar-refractivity contribution >= 4 is 17.5 Å². The van der Waals surface area contributed by atoms with Gasteiger partial charge in [-0.1, -0.05) is 23.7 Å². The summed E-state index contributed by atoms with van der Waals surface area (Å²) >= 11 is 5.86. The zero-order valence-corrected chi connectivity index (χ0v) is 12.4. The van der Waals surface area contributed by atoms with E-state index < -0.39 is 0 Å². The molecule has 108 valence electrons. The van der Waals surface area contributed by atoms with E-state index in [1.807, 2.05) is 36.4 Å². The Morgan fingerprint density at radius 2 is 1.76 bits per heavy atom. The first-order chi connectivity index (χ1) is 10.2. The number of rotatable bonds is 6. The number of hydrogen-bond acceptors (Lipinski definition) is 3. The molecule has 2 rings (SSSR count). The molecule has 1 fully saturated rings. The van der Waals surface area contributed by atoms with Gasteiger partial charge in [-0.25, -0.2) is 0 Å². The van der Waals surface area contributed by atoms with Crippen molar-refractivity contribution < 1.29 is 4.79 Å². The highest BCUT2D eigenvalue weighted by Gasteiger charge is 2.45. The molecule has 2 atom stereocenters. The van der Waals surface area contributed by atoms with E-state index in [0.717, 1.165) is 12.0 Å². The average Bonchev–Trinajstić information content (AvgIpc) is 3.28. The molecule has 0 bridgehead atoms. The quantitative estimate of drug-likeness (QED) is 0.810. The van der Waals surface area contributed by atoms with E-state index in [1.165, 1.54) is 0 Å². The number of nitriles is 2. The van der Waals surface area contributed by atoms with Crippen molar-refractivity contribution in [2.75, 3.05) is 13.1 Å². The Bertz CT molecular complexity index is 567. The molecule has 0 saturated heterocycles. The van der Waals surface area contributed by atoms with Crippen LogP contribution in [0.5, 0.6) is 0 Å². The number of carbonyl (C=O) groups is 1. The lowest BCUT2D eigenvalue weighted by Crippen LogP contribution is -2.34. The zero-order valence-electron chi connectivity index (χ0n) is 11.6. The van der Waals surface area contributed by atoms with E-state index in [0.29, 0.717) is 31.0 Å². The molecule has 0 N–H and O–H groups in total. The molecule has 0 aromatic heterocycles. The van der Waals surface area contributed by atoms with Gasteiger partial charge in [-0.05, 0) is 30.0 Å². The molecular formula is C16H16ClN3O. The summed E-state index contributed by atoms with van der Waals surface area (Å²) < 4.78 is 0. The summed E-state index contributed by atoms with van der Waals surface area (Å²) in [6, 6.07) is 11.7. The Balaban J connectivity index is 1.97. The van der Waals surface area contributed by atoms with Crippen molar-refractivity contribution in [2.24, 2.45) is 5.92 Å². The Hall–Kier alpha value is -2.04. The minimum absolute atomic E-state index is 0.0245. The first kappa shape index (κ1) is 15.4. The third kappa shape index (κ3) is 3.97. The highest BCUT2D eigenvalue weighted by atomic mass is 35.5. The van der Waals surface area contributed by atoms with Gasteiger partial charge >= 0.3 is 0 Å². The van der Waals surface area contributed by atoms with Gasteiger partial charge in [-0.3, -0.25) is 4.79 Å². The van der Waals surface area contributed by atoms with Crippen molar-refractivity contribution in [3.05, 3.63) is 34.9 Å². The van der Waals surface area contributed by atoms with E-state index in [-0.39, 0.29) is 17.7 Å².